The fraction of sp³-hybridized carbons (Fsp3) is 0.357. The van der Waals surface area contributed by atoms with E-state index in [1.807, 2.05) is 37.1 Å². The fourth-order valence-corrected chi connectivity index (χ4v) is 1.82. The number of ether oxygens (including phenoxy) is 1. The Labute approximate surface area is 124 Å². The summed E-state index contributed by atoms with van der Waals surface area (Å²) in [4.78, 5) is 14.5. The number of hydrazine groups is 1. The molecule has 0 radical (unpaired) electrons. The molecule has 2 rings (SSSR count). The van der Waals surface area contributed by atoms with Crippen LogP contribution in [0.15, 0.2) is 30.3 Å². The molecule has 21 heavy (non-hydrogen) atoms. The Balaban J connectivity index is 2.07. The number of anilines is 2. The first-order valence-electron chi connectivity index (χ1n) is 6.83. The second kappa shape index (κ2) is 7.39. The molecule has 0 aliphatic rings. The maximum atomic E-state index is 5.37. The molecule has 112 valence electrons. The summed E-state index contributed by atoms with van der Waals surface area (Å²) in [5.41, 5.74) is 3.69. The van der Waals surface area contributed by atoms with Crippen molar-refractivity contribution in [2.45, 2.75) is 13.3 Å². The van der Waals surface area contributed by atoms with Gasteiger partial charge in [-0.3, -0.25) is 5.43 Å². The summed E-state index contributed by atoms with van der Waals surface area (Å²) in [6, 6.07) is 10.5. The van der Waals surface area contributed by atoms with Crippen molar-refractivity contribution in [2.75, 3.05) is 30.5 Å². The lowest BCUT2D eigenvalue weighted by Gasteiger charge is -2.18. The predicted octanol–water partition coefficient (Wildman–Crippen LogP) is 1.23. The second-order valence-electron chi connectivity index (χ2n) is 4.48. The molecule has 1 aromatic heterocycles. The van der Waals surface area contributed by atoms with E-state index in [-0.39, 0.29) is 12.0 Å². The third kappa shape index (κ3) is 4.28. The largest absolute Gasteiger partial charge is 0.464 e. The maximum absolute atomic E-state index is 5.37. The van der Waals surface area contributed by atoms with Crippen LogP contribution in [0.5, 0.6) is 6.01 Å². The molecule has 3 N–H and O–H groups in total. The van der Waals surface area contributed by atoms with Crippen LogP contribution in [-0.4, -0.2) is 35.2 Å². The Morgan fingerprint density at radius 2 is 1.95 bits per heavy atom. The van der Waals surface area contributed by atoms with Gasteiger partial charge in [-0.1, -0.05) is 30.3 Å². The van der Waals surface area contributed by atoms with Gasteiger partial charge < -0.3 is 9.64 Å². The van der Waals surface area contributed by atoms with Crippen LogP contribution in [0.3, 0.4) is 0 Å². The Hall–Kier alpha value is -2.41. The van der Waals surface area contributed by atoms with E-state index in [0.29, 0.717) is 12.6 Å². The first kappa shape index (κ1) is 15.0. The molecule has 7 nitrogen and oxygen atoms in total. The van der Waals surface area contributed by atoms with E-state index in [0.717, 1.165) is 13.0 Å². The van der Waals surface area contributed by atoms with E-state index in [9.17, 15) is 0 Å². The Morgan fingerprint density at radius 1 is 1.19 bits per heavy atom. The number of nitrogen functional groups attached to an aromatic ring is 1. The number of nitrogens with two attached hydrogens (primary N) is 1. The summed E-state index contributed by atoms with van der Waals surface area (Å²) < 4.78 is 5.32. The van der Waals surface area contributed by atoms with E-state index >= 15 is 0 Å². The van der Waals surface area contributed by atoms with Crippen molar-refractivity contribution in [1.29, 1.82) is 0 Å². The number of rotatable bonds is 7. The van der Waals surface area contributed by atoms with Crippen LogP contribution in [0.25, 0.3) is 0 Å². The molecule has 0 bridgehead atoms. The number of hydrogen-bond acceptors (Lipinski definition) is 7. The van der Waals surface area contributed by atoms with Gasteiger partial charge in [0.2, 0.25) is 11.9 Å². The number of nitrogens with one attached hydrogen (secondary N) is 1. The van der Waals surface area contributed by atoms with Gasteiger partial charge in [0, 0.05) is 13.6 Å². The summed E-state index contributed by atoms with van der Waals surface area (Å²) in [5, 5.41) is 0. The second-order valence-corrected chi connectivity index (χ2v) is 4.48. The van der Waals surface area contributed by atoms with Gasteiger partial charge in [0.1, 0.15) is 0 Å². The summed E-state index contributed by atoms with van der Waals surface area (Å²) in [6.45, 7) is 3.14. The topological polar surface area (TPSA) is 89.2 Å². The highest BCUT2D eigenvalue weighted by atomic mass is 16.5. The summed E-state index contributed by atoms with van der Waals surface area (Å²) >= 11 is 0. The third-order valence-electron chi connectivity index (χ3n) is 2.93. The quantitative estimate of drug-likeness (QED) is 0.585. The minimum Gasteiger partial charge on any atom is -0.464 e. The lowest BCUT2D eigenvalue weighted by atomic mass is 10.1. The van der Waals surface area contributed by atoms with E-state index in [1.165, 1.54) is 5.56 Å². The summed E-state index contributed by atoms with van der Waals surface area (Å²) in [5.74, 6) is 6.18. The molecule has 0 saturated carbocycles. The van der Waals surface area contributed by atoms with Gasteiger partial charge in [-0.15, -0.1) is 0 Å². The van der Waals surface area contributed by atoms with Crippen LogP contribution >= 0.6 is 0 Å². The number of benzene rings is 1. The first-order valence-corrected chi connectivity index (χ1v) is 6.83. The van der Waals surface area contributed by atoms with E-state index in [2.05, 4.69) is 32.5 Å². The highest BCUT2D eigenvalue weighted by Crippen LogP contribution is 2.14. The number of likely N-dealkylation sites (N-methyl/N-ethyl adjacent to an activating group) is 1. The van der Waals surface area contributed by atoms with Gasteiger partial charge in [-0.25, -0.2) is 5.84 Å². The molecular formula is C14H20N6O. The number of nitrogens with zero attached hydrogens (tertiary/aromatic N) is 4. The van der Waals surface area contributed by atoms with Gasteiger partial charge >= 0.3 is 6.01 Å². The Bertz CT molecular complexity index is 563. The van der Waals surface area contributed by atoms with Crippen molar-refractivity contribution in [3.8, 4) is 6.01 Å². The highest BCUT2D eigenvalue weighted by molar-refractivity contribution is 5.37. The SMILES string of the molecule is CCOc1nc(NN)nc(N(C)CCc2ccccc2)n1. The average molecular weight is 288 g/mol. The Kier molecular flexibility index (Phi) is 5.28. The normalized spacial score (nSPS) is 10.2. The van der Waals surface area contributed by atoms with Crippen molar-refractivity contribution in [2.24, 2.45) is 5.84 Å². The van der Waals surface area contributed by atoms with Gasteiger partial charge in [0.15, 0.2) is 0 Å². The third-order valence-corrected chi connectivity index (χ3v) is 2.93. The molecule has 0 atom stereocenters. The molecule has 1 heterocycles. The maximum Gasteiger partial charge on any atom is 0.323 e. The highest BCUT2D eigenvalue weighted by Gasteiger charge is 2.10. The minimum absolute atomic E-state index is 0.266. The molecule has 0 aliphatic carbocycles. The zero-order valence-corrected chi connectivity index (χ0v) is 12.3. The zero-order chi connectivity index (χ0) is 15.1. The van der Waals surface area contributed by atoms with Gasteiger partial charge in [-0.05, 0) is 18.9 Å². The summed E-state index contributed by atoms with van der Waals surface area (Å²) in [6.07, 6.45) is 0.901. The summed E-state index contributed by atoms with van der Waals surface area (Å²) in [7, 11) is 1.92. The average Bonchev–Trinajstić information content (AvgIpc) is 2.53. The molecule has 0 unspecified atom stereocenters. The molecule has 0 spiro atoms. The van der Waals surface area contributed by atoms with E-state index in [4.69, 9.17) is 10.6 Å². The molecule has 7 heteroatoms. The van der Waals surface area contributed by atoms with Crippen molar-refractivity contribution in [1.82, 2.24) is 15.0 Å². The van der Waals surface area contributed by atoms with E-state index in [1.54, 1.807) is 0 Å². The molecular weight excluding hydrogens is 268 g/mol. The van der Waals surface area contributed by atoms with E-state index < -0.39 is 0 Å². The monoisotopic (exact) mass is 288 g/mol. The lowest BCUT2D eigenvalue weighted by molar-refractivity contribution is 0.312. The van der Waals surface area contributed by atoms with Gasteiger partial charge in [0.25, 0.3) is 0 Å². The van der Waals surface area contributed by atoms with Crippen LogP contribution in [0.2, 0.25) is 0 Å². The van der Waals surface area contributed by atoms with Crippen molar-refractivity contribution in [3.05, 3.63) is 35.9 Å². The molecule has 0 amide bonds. The molecule has 2 aromatic rings. The standard InChI is InChI=1S/C14H20N6O/c1-3-21-14-17-12(19-15)16-13(18-14)20(2)10-9-11-7-5-4-6-8-11/h4-8H,3,9-10,15H2,1-2H3,(H,16,17,18,19). The number of aromatic nitrogens is 3. The Morgan fingerprint density at radius 3 is 2.62 bits per heavy atom. The first-order chi connectivity index (χ1) is 10.2. The predicted molar refractivity (Wildman–Crippen MR) is 82.2 cm³/mol. The number of hydrogen-bond donors (Lipinski definition) is 2. The van der Waals surface area contributed by atoms with Gasteiger partial charge in [0.05, 0.1) is 6.61 Å². The molecule has 0 saturated heterocycles. The van der Waals surface area contributed by atoms with Crippen molar-refractivity contribution < 1.29 is 4.74 Å². The van der Waals surface area contributed by atoms with Crippen LogP contribution in [-0.2, 0) is 6.42 Å². The van der Waals surface area contributed by atoms with Crippen LogP contribution in [0, 0.1) is 0 Å². The van der Waals surface area contributed by atoms with Crippen molar-refractivity contribution >= 4 is 11.9 Å². The lowest BCUT2D eigenvalue weighted by Crippen LogP contribution is -2.24. The fourth-order valence-electron chi connectivity index (χ4n) is 1.82. The smallest absolute Gasteiger partial charge is 0.323 e. The van der Waals surface area contributed by atoms with Crippen LogP contribution < -0.4 is 20.9 Å². The minimum atomic E-state index is 0.266. The van der Waals surface area contributed by atoms with Crippen molar-refractivity contribution in [3.63, 3.8) is 0 Å². The van der Waals surface area contributed by atoms with Crippen LogP contribution in [0.1, 0.15) is 12.5 Å². The molecule has 0 aliphatic heterocycles. The molecule has 0 fully saturated rings. The zero-order valence-electron chi connectivity index (χ0n) is 12.3. The van der Waals surface area contributed by atoms with Gasteiger partial charge in [-0.2, -0.15) is 15.0 Å². The van der Waals surface area contributed by atoms with Crippen LogP contribution in [0.4, 0.5) is 11.9 Å². The molecule has 1 aromatic carbocycles.